The van der Waals surface area contributed by atoms with Crippen molar-refractivity contribution in [3.63, 3.8) is 0 Å². The van der Waals surface area contributed by atoms with Crippen LogP contribution in [0.3, 0.4) is 0 Å². The molecule has 20 heavy (non-hydrogen) atoms. The molecule has 0 saturated heterocycles. The van der Waals surface area contributed by atoms with E-state index in [1.165, 1.54) is 0 Å². The highest BCUT2D eigenvalue weighted by atomic mass is 79.9. The van der Waals surface area contributed by atoms with Gasteiger partial charge in [0.15, 0.2) is 0 Å². The van der Waals surface area contributed by atoms with Crippen LogP contribution in [0.25, 0.3) is 0 Å². The molecule has 1 unspecified atom stereocenters. The standard InChI is InChI=1S/C14H18BrNO3S/c1-2-8-5-10(11(6-8)14(18)19)13(17)16-7-9-3-4-12(15)20-9/h3-4,8,10-11H,2,5-7H2,1H3,(H,16,17)(H,18,19)/t8?,10-,11+/m0/s1. The maximum atomic E-state index is 12.2. The molecule has 0 bridgehead atoms. The number of carbonyl (C=O) groups is 2. The van der Waals surface area contributed by atoms with Crippen LogP contribution in [0.15, 0.2) is 15.9 Å². The van der Waals surface area contributed by atoms with Crippen LogP contribution in [-0.4, -0.2) is 17.0 Å². The summed E-state index contributed by atoms with van der Waals surface area (Å²) >= 11 is 4.95. The zero-order valence-corrected chi connectivity index (χ0v) is 13.7. The number of carboxylic acid groups (broad SMARTS) is 1. The highest BCUT2D eigenvalue weighted by Crippen LogP contribution is 2.38. The fourth-order valence-electron chi connectivity index (χ4n) is 2.79. The second-order valence-electron chi connectivity index (χ2n) is 5.22. The number of halogens is 1. The lowest BCUT2D eigenvalue weighted by atomic mass is 9.95. The minimum Gasteiger partial charge on any atom is -0.481 e. The molecule has 1 aromatic heterocycles. The normalized spacial score (nSPS) is 25.6. The SMILES string of the molecule is CCC1C[C@H](C(=O)NCc2ccc(Br)s2)[C@H](C(=O)O)C1. The van der Waals surface area contributed by atoms with Crippen LogP contribution >= 0.6 is 27.3 Å². The van der Waals surface area contributed by atoms with Gasteiger partial charge in [-0.3, -0.25) is 9.59 Å². The van der Waals surface area contributed by atoms with E-state index in [2.05, 4.69) is 21.2 Å². The van der Waals surface area contributed by atoms with Crippen molar-refractivity contribution in [2.24, 2.45) is 17.8 Å². The first kappa shape index (κ1) is 15.5. The molecule has 2 N–H and O–H groups in total. The van der Waals surface area contributed by atoms with Gasteiger partial charge in [0.05, 0.1) is 22.2 Å². The Labute approximate surface area is 130 Å². The Balaban J connectivity index is 1.95. The lowest BCUT2D eigenvalue weighted by Gasteiger charge is -2.15. The molecule has 0 aromatic carbocycles. The van der Waals surface area contributed by atoms with Crippen molar-refractivity contribution in [1.29, 1.82) is 0 Å². The summed E-state index contributed by atoms with van der Waals surface area (Å²) in [5.74, 6) is -1.54. The van der Waals surface area contributed by atoms with Gasteiger partial charge in [-0.25, -0.2) is 0 Å². The minimum absolute atomic E-state index is 0.127. The zero-order chi connectivity index (χ0) is 14.7. The first-order chi connectivity index (χ1) is 9.51. The van der Waals surface area contributed by atoms with Gasteiger partial charge >= 0.3 is 5.97 Å². The quantitative estimate of drug-likeness (QED) is 0.847. The van der Waals surface area contributed by atoms with Crippen LogP contribution < -0.4 is 5.32 Å². The van der Waals surface area contributed by atoms with E-state index in [9.17, 15) is 14.7 Å². The second kappa shape index (κ2) is 6.72. The lowest BCUT2D eigenvalue weighted by Crippen LogP contribution is -2.34. The molecule has 6 heteroatoms. The van der Waals surface area contributed by atoms with Crippen LogP contribution in [0.2, 0.25) is 0 Å². The molecule has 1 saturated carbocycles. The Morgan fingerprint density at radius 3 is 2.65 bits per heavy atom. The maximum Gasteiger partial charge on any atom is 0.307 e. The van der Waals surface area contributed by atoms with Crippen molar-refractivity contribution in [3.05, 3.63) is 20.8 Å². The second-order valence-corrected chi connectivity index (χ2v) is 7.77. The van der Waals surface area contributed by atoms with Gasteiger partial charge in [0.25, 0.3) is 0 Å². The number of carboxylic acids is 1. The summed E-state index contributed by atoms with van der Waals surface area (Å²) in [6, 6.07) is 3.89. The number of aliphatic carboxylic acids is 1. The first-order valence-electron chi connectivity index (χ1n) is 6.76. The predicted octanol–water partition coefficient (Wildman–Crippen LogP) is 3.26. The van der Waals surface area contributed by atoms with Gasteiger partial charge in [0.1, 0.15) is 0 Å². The Morgan fingerprint density at radius 1 is 1.40 bits per heavy atom. The Morgan fingerprint density at radius 2 is 2.10 bits per heavy atom. The molecule has 1 aliphatic rings. The third-order valence-electron chi connectivity index (χ3n) is 3.96. The first-order valence-corrected chi connectivity index (χ1v) is 8.37. The summed E-state index contributed by atoms with van der Waals surface area (Å²) in [5.41, 5.74) is 0. The fourth-order valence-corrected chi connectivity index (χ4v) is 4.21. The van der Waals surface area contributed by atoms with Crippen LogP contribution in [0.1, 0.15) is 31.1 Å². The molecule has 0 aliphatic heterocycles. The van der Waals surface area contributed by atoms with Gasteiger partial charge in [0.2, 0.25) is 5.91 Å². The zero-order valence-electron chi connectivity index (χ0n) is 11.3. The van der Waals surface area contributed by atoms with Crippen molar-refractivity contribution in [2.45, 2.75) is 32.7 Å². The fraction of sp³-hybridized carbons (Fsp3) is 0.571. The van der Waals surface area contributed by atoms with Crippen molar-refractivity contribution in [2.75, 3.05) is 0 Å². The van der Waals surface area contributed by atoms with Crippen molar-refractivity contribution < 1.29 is 14.7 Å². The molecule has 110 valence electrons. The molecule has 0 spiro atoms. The van der Waals surface area contributed by atoms with E-state index in [0.717, 1.165) is 15.1 Å². The third-order valence-corrected chi connectivity index (χ3v) is 5.58. The molecule has 4 nitrogen and oxygen atoms in total. The molecule has 2 rings (SSSR count). The van der Waals surface area contributed by atoms with Gasteiger partial charge in [-0.2, -0.15) is 0 Å². The molecule has 1 aliphatic carbocycles. The molecule has 3 atom stereocenters. The van der Waals surface area contributed by atoms with Crippen LogP contribution in [0.4, 0.5) is 0 Å². The predicted molar refractivity (Wildman–Crippen MR) is 81.5 cm³/mol. The van der Waals surface area contributed by atoms with Crippen LogP contribution in [-0.2, 0) is 16.1 Å². The Hall–Kier alpha value is -0.880. The average Bonchev–Trinajstić information content (AvgIpc) is 3.02. The summed E-state index contributed by atoms with van der Waals surface area (Å²) < 4.78 is 1.03. The summed E-state index contributed by atoms with van der Waals surface area (Å²) in [6.07, 6.45) is 2.24. The number of hydrogen-bond donors (Lipinski definition) is 2. The van der Waals surface area contributed by atoms with Gasteiger partial charge in [0, 0.05) is 4.88 Å². The topological polar surface area (TPSA) is 66.4 Å². The monoisotopic (exact) mass is 359 g/mol. The highest BCUT2D eigenvalue weighted by Gasteiger charge is 2.41. The number of rotatable bonds is 5. The molecule has 1 aromatic rings. The van der Waals surface area contributed by atoms with Crippen LogP contribution in [0, 0.1) is 17.8 Å². The molecule has 1 heterocycles. The number of nitrogens with one attached hydrogen (secondary N) is 1. The lowest BCUT2D eigenvalue weighted by molar-refractivity contribution is -0.146. The molecule has 1 fully saturated rings. The molecular formula is C14H18BrNO3S. The molecular weight excluding hydrogens is 342 g/mol. The Kier molecular flexibility index (Phi) is 5.21. The largest absolute Gasteiger partial charge is 0.481 e. The molecule has 1 amide bonds. The smallest absolute Gasteiger partial charge is 0.307 e. The van der Waals surface area contributed by atoms with E-state index in [1.807, 2.05) is 19.1 Å². The summed E-state index contributed by atoms with van der Waals surface area (Å²) in [5, 5.41) is 12.1. The minimum atomic E-state index is -0.847. The van der Waals surface area contributed by atoms with Crippen molar-refractivity contribution >= 4 is 39.1 Å². The van der Waals surface area contributed by atoms with Gasteiger partial charge < -0.3 is 10.4 Å². The van der Waals surface area contributed by atoms with Crippen LogP contribution in [0.5, 0.6) is 0 Å². The average molecular weight is 360 g/mol. The number of amides is 1. The maximum absolute atomic E-state index is 12.2. The van der Waals surface area contributed by atoms with Crippen molar-refractivity contribution in [3.8, 4) is 0 Å². The van der Waals surface area contributed by atoms with E-state index < -0.39 is 11.9 Å². The van der Waals surface area contributed by atoms with Crippen molar-refractivity contribution in [1.82, 2.24) is 5.32 Å². The summed E-state index contributed by atoms with van der Waals surface area (Å²) in [6.45, 7) is 2.52. The van der Waals surface area contributed by atoms with E-state index in [0.29, 0.717) is 25.3 Å². The number of thiophene rings is 1. The summed E-state index contributed by atoms with van der Waals surface area (Å²) in [4.78, 5) is 24.5. The van der Waals surface area contributed by atoms with Gasteiger partial charge in [-0.1, -0.05) is 13.3 Å². The van der Waals surface area contributed by atoms with Gasteiger partial charge in [-0.05, 0) is 46.8 Å². The number of hydrogen-bond acceptors (Lipinski definition) is 3. The third kappa shape index (κ3) is 3.61. The Bertz CT molecular complexity index is 502. The highest BCUT2D eigenvalue weighted by molar-refractivity contribution is 9.11. The van der Waals surface area contributed by atoms with E-state index >= 15 is 0 Å². The summed E-state index contributed by atoms with van der Waals surface area (Å²) in [7, 11) is 0. The van der Waals surface area contributed by atoms with E-state index in [4.69, 9.17) is 0 Å². The van der Waals surface area contributed by atoms with E-state index in [-0.39, 0.29) is 11.8 Å². The van der Waals surface area contributed by atoms with Gasteiger partial charge in [-0.15, -0.1) is 11.3 Å². The van der Waals surface area contributed by atoms with E-state index in [1.54, 1.807) is 11.3 Å². The number of carbonyl (C=O) groups excluding carboxylic acids is 1. The molecule has 0 radical (unpaired) electrons.